The van der Waals surface area contributed by atoms with Gasteiger partial charge in [-0.05, 0) is 30.2 Å². The number of methoxy groups -OCH3 is 1. The number of Topliss-reactive ketones (excluding diaryl/α,β-unsaturated/α-hetero) is 1. The Hall–Kier alpha value is -4.17. The van der Waals surface area contributed by atoms with E-state index in [2.05, 4.69) is 15.3 Å². The number of para-hydroxylation sites is 1. The standard InChI is InChI=1S/C22H21BN4O8S/c1-34-16-6-5-13(19(29)26-16)20(30)27-17(14-9-36-22(24)25-14)15(28)8-11-7-10-3-2-4-12(21(31)32)18(10)35-23(11)33/h2-6,9,11,17,33H,7-8H2,1H3,(H2,24,25)(H,26,29)(H,27,30)(H,31,32)/t11-,17?/m1/s1. The maximum atomic E-state index is 13.3. The number of fused-ring (bicyclic) bond motifs is 1. The smallest absolute Gasteiger partial charge is 0.526 e. The van der Waals surface area contributed by atoms with Crippen LogP contribution in [-0.2, 0) is 11.2 Å². The van der Waals surface area contributed by atoms with Crippen LogP contribution in [0, 0.1) is 0 Å². The molecule has 3 heterocycles. The molecule has 1 aliphatic heterocycles. The highest BCUT2D eigenvalue weighted by Gasteiger charge is 2.39. The van der Waals surface area contributed by atoms with Gasteiger partial charge in [-0.15, -0.1) is 11.3 Å². The second kappa shape index (κ2) is 10.2. The van der Waals surface area contributed by atoms with Gasteiger partial charge in [-0.3, -0.25) is 19.4 Å². The Kier molecular flexibility index (Phi) is 7.08. The first-order valence-corrected chi connectivity index (χ1v) is 11.6. The van der Waals surface area contributed by atoms with Crippen molar-refractivity contribution < 1.29 is 33.9 Å². The zero-order valence-corrected chi connectivity index (χ0v) is 19.7. The third-order valence-electron chi connectivity index (χ3n) is 5.69. The van der Waals surface area contributed by atoms with Gasteiger partial charge in [0.2, 0.25) is 0 Å². The van der Waals surface area contributed by atoms with Gasteiger partial charge in [-0.25, -0.2) is 9.78 Å². The number of carbonyl (C=O) groups excluding carboxylic acids is 2. The fourth-order valence-electron chi connectivity index (χ4n) is 3.92. The number of H-pyrrole nitrogens is 1. The van der Waals surface area contributed by atoms with Crippen molar-refractivity contribution >= 4 is 41.2 Å². The second-order valence-corrected chi connectivity index (χ2v) is 8.92. The van der Waals surface area contributed by atoms with Crippen molar-refractivity contribution in [3.8, 4) is 11.6 Å². The first kappa shape index (κ1) is 24.9. The van der Waals surface area contributed by atoms with Crippen molar-refractivity contribution in [2.24, 2.45) is 0 Å². The number of ether oxygens (including phenoxy) is 1. The number of anilines is 1. The maximum absolute atomic E-state index is 13.3. The molecule has 0 radical (unpaired) electrons. The number of rotatable bonds is 8. The number of carboxylic acid groups (broad SMARTS) is 1. The van der Waals surface area contributed by atoms with Gasteiger partial charge in [-0.2, -0.15) is 0 Å². The number of hydrogen-bond acceptors (Lipinski definition) is 10. The third-order valence-corrected chi connectivity index (χ3v) is 6.39. The minimum atomic E-state index is -1.46. The molecule has 0 bridgehead atoms. The number of nitrogens with zero attached hydrogens (tertiary/aromatic N) is 1. The quantitative estimate of drug-likeness (QED) is 0.272. The number of pyridine rings is 1. The number of ketones is 1. The van der Waals surface area contributed by atoms with Crippen LogP contribution >= 0.6 is 11.3 Å². The topological polar surface area (TPSA) is 194 Å². The minimum absolute atomic E-state index is 0.0528. The number of aromatic amines is 1. The number of benzene rings is 1. The molecule has 6 N–H and O–H groups in total. The highest BCUT2D eigenvalue weighted by Crippen LogP contribution is 2.37. The van der Waals surface area contributed by atoms with Crippen molar-refractivity contribution in [1.29, 1.82) is 0 Å². The van der Waals surface area contributed by atoms with E-state index in [0.717, 1.165) is 11.3 Å². The lowest BCUT2D eigenvalue weighted by molar-refractivity contribution is -0.121. The summed E-state index contributed by atoms with van der Waals surface area (Å²) < 4.78 is 10.4. The van der Waals surface area contributed by atoms with Crippen molar-refractivity contribution in [3.05, 3.63) is 68.4 Å². The van der Waals surface area contributed by atoms with Gasteiger partial charge in [0.15, 0.2) is 16.8 Å². The summed E-state index contributed by atoms with van der Waals surface area (Å²) >= 11 is 1.07. The van der Waals surface area contributed by atoms with E-state index in [9.17, 15) is 29.3 Å². The normalized spacial score (nSPS) is 15.4. The van der Waals surface area contributed by atoms with Crippen LogP contribution in [0.4, 0.5) is 5.13 Å². The van der Waals surface area contributed by atoms with Crippen molar-refractivity contribution in [3.63, 3.8) is 0 Å². The Morgan fingerprint density at radius 2 is 2.11 bits per heavy atom. The summed E-state index contributed by atoms with van der Waals surface area (Å²) in [6.07, 6.45) is -0.0688. The molecular weight excluding hydrogens is 491 g/mol. The van der Waals surface area contributed by atoms with Crippen molar-refractivity contribution in [2.45, 2.75) is 24.7 Å². The number of carbonyl (C=O) groups is 3. The van der Waals surface area contributed by atoms with Gasteiger partial charge in [0.05, 0.1) is 18.4 Å². The number of nitrogen functional groups attached to an aromatic ring is 1. The number of nitrogens with two attached hydrogens (primary N) is 1. The summed E-state index contributed by atoms with van der Waals surface area (Å²) in [5.41, 5.74) is 5.38. The van der Waals surface area contributed by atoms with Gasteiger partial charge < -0.3 is 30.6 Å². The summed E-state index contributed by atoms with van der Waals surface area (Å²) in [4.78, 5) is 56.5. The highest BCUT2D eigenvalue weighted by molar-refractivity contribution is 7.13. The summed E-state index contributed by atoms with van der Waals surface area (Å²) in [5.74, 6) is -3.05. The molecule has 0 saturated heterocycles. The molecule has 4 rings (SSSR count). The highest BCUT2D eigenvalue weighted by atomic mass is 32.1. The molecule has 0 aliphatic carbocycles. The zero-order valence-electron chi connectivity index (χ0n) is 18.9. The van der Waals surface area contributed by atoms with Crippen LogP contribution in [0.15, 0.2) is 40.5 Å². The predicted molar refractivity (Wildman–Crippen MR) is 129 cm³/mol. The van der Waals surface area contributed by atoms with Crippen molar-refractivity contribution in [2.75, 3.05) is 12.8 Å². The first-order valence-electron chi connectivity index (χ1n) is 10.7. The molecule has 1 aromatic carbocycles. The van der Waals surface area contributed by atoms with Gasteiger partial charge >= 0.3 is 13.1 Å². The molecule has 1 unspecified atom stereocenters. The summed E-state index contributed by atoms with van der Waals surface area (Å²) in [6.45, 7) is 0. The lowest BCUT2D eigenvalue weighted by Crippen LogP contribution is -2.40. The molecule has 36 heavy (non-hydrogen) atoms. The van der Waals surface area contributed by atoms with E-state index in [-0.39, 0.29) is 46.4 Å². The lowest BCUT2D eigenvalue weighted by Gasteiger charge is -2.28. The number of thiazole rings is 1. The largest absolute Gasteiger partial charge is 0.535 e. The summed E-state index contributed by atoms with van der Waals surface area (Å²) in [7, 11) is -0.0976. The molecular formula is C22H21BN4O8S. The fraction of sp³-hybridized carbons (Fsp3) is 0.227. The number of hydrogen-bond donors (Lipinski definition) is 5. The van der Waals surface area contributed by atoms with Crippen LogP contribution in [0.25, 0.3) is 0 Å². The van der Waals surface area contributed by atoms with Gasteiger partial charge in [-0.1, -0.05) is 12.1 Å². The Morgan fingerprint density at radius 1 is 1.33 bits per heavy atom. The van der Waals surface area contributed by atoms with Crippen molar-refractivity contribution in [1.82, 2.24) is 15.3 Å². The van der Waals surface area contributed by atoms with Crippen LogP contribution in [-0.4, -0.2) is 52.0 Å². The Balaban J connectivity index is 1.57. The monoisotopic (exact) mass is 512 g/mol. The molecule has 0 saturated carbocycles. The molecule has 1 amide bonds. The number of aromatic carboxylic acids is 1. The van der Waals surface area contributed by atoms with E-state index in [1.54, 1.807) is 12.1 Å². The van der Waals surface area contributed by atoms with Crippen LogP contribution in [0.3, 0.4) is 0 Å². The molecule has 0 spiro atoms. The summed E-state index contributed by atoms with van der Waals surface area (Å²) in [5, 5.41) is 24.1. The van der Waals surface area contributed by atoms with E-state index in [1.807, 2.05) is 0 Å². The second-order valence-electron chi connectivity index (χ2n) is 8.03. The van der Waals surface area contributed by atoms with Crippen LogP contribution in [0.2, 0.25) is 5.82 Å². The van der Waals surface area contributed by atoms with Gasteiger partial charge in [0.1, 0.15) is 17.4 Å². The van der Waals surface area contributed by atoms with E-state index in [4.69, 9.17) is 15.1 Å². The number of nitrogens with one attached hydrogen (secondary N) is 2. The van der Waals surface area contributed by atoms with E-state index in [1.165, 1.54) is 30.7 Å². The third kappa shape index (κ3) is 5.09. The maximum Gasteiger partial charge on any atom is 0.526 e. The fourth-order valence-corrected chi connectivity index (χ4v) is 4.51. The molecule has 3 aromatic rings. The zero-order chi connectivity index (χ0) is 26.0. The Bertz CT molecular complexity index is 1390. The van der Waals surface area contributed by atoms with Crippen LogP contribution < -0.4 is 26.0 Å². The molecule has 0 fully saturated rings. The predicted octanol–water partition coefficient (Wildman–Crippen LogP) is 1.04. The molecule has 1 aliphatic rings. The van der Waals surface area contributed by atoms with Crippen LogP contribution in [0.5, 0.6) is 11.6 Å². The first-order chi connectivity index (χ1) is 17.2. The minimum Gasteiger partial charge on any atom is -0.535 e. The number of aromatic nitrogens is 2. The summed E-state index contributed by atoms with van der Waals surface area (Å²) in [6, 6.07) is 5.97. The van der Waals surface area contributed by atoms with E-state index < -0.39 is 42.2 Å². The van der Waals surface area contributed by atoms with Crippen LogP contribution in [0.1, 0.15) is 44.4 Å². The Labute approximate surface area is 208 Å². The molecule has 186 valence electrons. The van der Waals surface area contributed by atoms with E-state index in [0.29, 0.717) is 5.56 Å². The molecule has 14 heteroatoms. The average Bonchev–Trinajstić information content (AvgIpc) is 3.27. The number of carboxylic acids is 1. The molecule has 12 nitrogen and oxygen atoms in total. The molecule has 2 aromatic heterocycles. The SMILES string of the molecule is COc1ccc(C(=O)NC(C(=O)C[C@H]2Cc3cccc(C(=O)O)c3OB2O)c2csc(N)n2)c(=O)[nH]1. The van der Waals surface area contributed by atoms with Gasteiger partial charge in [0, 0.05) is 17.6 Å². The molecule has 2 atom stereocenters. The Morgan fingerprint density at radius 3 is 2.75 bits per heavy atom. The van der Waals surface area contributed by atoms with E-state index >= 15 is 0 Å². The number of amides is 1. The lowest BCUT2D eigenvalue weighted by atomic mass is 9.64. The average molecular weight is 512 g/mol. The van der Waals surface area contributed by atoms with Gasteiger partial charge in [0.25, 0.3) is 11.5 Å².